The van der Waals surface area contributed by atoms with Gasteiger partial charge in [-0.15, -0.1) is 0 Å². The predicted octanol–water partition coefficient (Wildman–Crippen LogP) is 1.15. The maximum absolute atomic E-state index is 11.7. The molecule has 1 N–H and O–H groups in total. The molecule has 0 saturated carbocycles. The van der Waals surface area contributed by atoms with E-state index < -0.39 is 0 Å². The number of methoxy groups -OCH3 is 2. The van der Waals surface area contributed by atoms with E-state index in [1.54, 1.807) is 25.5 Å². The summed E-state index contributed by atoms with van der Waals surface area (Å²) in [6.07, 6.45) is 1.65. The Morgan fingerprint density at radius 2 is 1.94 bits per heavy atom. The molecule has 0 aromatic heterocycles. The third-order valence-electron chi connectivity index (χ3n) is 2.33. The molecule has 0 spiro atoms. The lowest BCUT2D eigenvalue weighted by Crippen LogP contribution is -2.23. The average Bonchev–Trinajstić information content (AvgIpc) is 2.49. The van der Waals surface area contributed by atoms with Crippen LogP contribution in [0.5, 0.6) is 11.5 Å². The number of nitrogens with one attached hydrogen (secondary N) is 1. The molecule has 1 amide bonds. The van der Waals surface area contributed by atoms with Crippen molar-refractivity contribution in [2.45, 2.75) is 0 Å². The largest absolute Gasteiger partial charge is 0.493 e. The summed E-state index contributed by atoms with van der Waals surface area (Å²) in [7, 11) is 3.08. The molecule has 2 rings (SSSR count). The lowest BCUT2D eigenvalue weighted by molar-refractivity contribution is 0.0961. The van der Waals surface area contributed by atoms with E-state index in [2.05, 4.69) is 10.3 Å². The summed E-state index contributed by atoms with van der Waals surface area (Å²) < 4.78 is 10.3. The fraction of sp³-hybridized carbons (Fsp3) is 0.273. The number of carbonyl (C=O) groups is 1. The van der Waals surface area contributed by atoms with Crippen LogP contribution in [0.1, 0.15) is 10.4 Å². The summed E-state index contributed by atoms with van der Waals surface area (Å²) in [4.78, 5) is 15.9. The van der Waals surface area contributed by atoms with Crippen LogP contribution in [0, 0.1) is 0 Å². The molecule has 1 aromatic rings. The fourth-order valence-corrected chi connectivity index (χ4v) is 1.53. The van der Waals surface area contributed by atoms with Crippen molar-refractivity contribution in [2.75, 3.05) is 20.8 Å². The molecular weight excluding hydrogens is 208 g/mol. The lowest BCUT2D eigenvalue weighted by Gasteiger charge is -2.10. The minimum atomic E-state index is -0.159. The average molecular weight is 220 g/mol. The molecule has 0 fully saturated rings. The zero-order valence-electron chi connectivity index (χ0n) is 9.11. The minimum Gasteiger partial charge on any atom is -0.493 e. The van der Waals surface area contributed by atoms with Crippen molar-refractivity contribution in [1.82, 2.24) is 5.32 Å². The van der Waals surface area contributed by atoms with Crippen molar-refractivity contribution in [2.24, 2.45) is 4.99 Å². The number of nitrogens with zero attached hydrogens (tertiary/aromatic N) is 1. The maximum atomic E-state index is 11.7. The fourth-order valence-electron chi connectivity index (χ4n) is 1.53. The highest BCUT2D eigenvalue weighted by molar-refractivity contribution is 6.02. The van der Waals surface area contributed by atoms with Gasteiger partial charge in [0.05, 0.1) is 32.0 Å². The van der Waals surface area contributed by atoms with Gasteiger partial charge in [-0.3, -0.25) is 9.79 Å². The van der Waals surface area contributed by atoms with Crippen LogP contribution in [-0.4, -0.2) is 32.9 Å². The number of amides is 1. The van der Waals surface area contributed by atoms with Crippen molar-refractivity contribution in [3.05, 3.63) is 17.7 Å². The van der Waals surface area contributed by atoms with Crippen molar-refractivity contribution in [3.8, 4) is 11.5 Å². The SMILES string of the molecule is COc1cc2c(cc1OC)C(=O)NCC=N2. The monoisotopic (exact) mass is 220 g/mol. The molecule has 1 aliphatic rings. The van der Waals surface area contributed by atoms with Crippen LogP contribution < -0.4 is 14.8 Å². The summed E-state index contributed by atoms with van der Waals surface area (Å²) in [5.41, 5.74) is 1.08. The molecule has 0 radical (unpaired) electrons. The lowest BCUT2D eigenvalue weighted by atomic mass is 10.1. The molecule has 1 aliphatic heterocycles. The third kappa shape index (κ3) is 1.71. The normalized spacial score (nSPS) is 13.8. The first-order chi connectivity index (χ1) is 7.76. The highest BCUT2D eigenvalue weighted by atomic mass is 16.5. The van der Waals surface area contributed by atoms with Gasteiger partial charge in [-0.25, -0.2) is 0 Å². The molecule has 0 unspecified atom stereocenters. The number of aliphatic imine (C=N–C) groups is 1. The smallest absolute Gasteiger partial charge is 0.253 e. The van der Waals surface area contributed by atoms with Crippen molar-refractivity contribution in [3.63, 3.8) is 0 Å². The van der Waals surface area contributed by atoms with Gasteiger partial charge in [0, 0.05) is 12.3 Å². The molecule has 16 heavy (non-hydrogen) atoms. The highest BCUT2D eigenvalue weighted by Gasteiger charge is 2.17. The summed E-state index contributed by atoms with van der Waals surface area (Å²) >= 11 is 0. The van der Waals surface area contributed by atoms with E-state index in [9.17, 15) is 4.79 Å². The first kappa shape index (κ1) is 10.5. The molecule has 0 bridgehead atoms. The number of rotatable bonds is 2. The Kier molecular flexibility index (Phi) is 2.76. The van der Waals surface area contributed by atoms with Crippen molar-refractivity contribution < 1.29 is 14.3 Å². The van der Waals surface area contributed by atoms with Crippen LogP contribution >= 0.6 is 0 Å². The van der Waals surface area contributed by atoms with Crippen LogP contribution in [0.15, 0.2) is 17.1 Å². The van der Waals surface area contributed by atoms with Crippen LogP contribution in [0.4, 0.5) is 5.69 Å². The van der Waals surface area contributed by atoms with E-state index in [0.717, 1.165) is 0 Å². The van der Waals surface area contributed by atoms with Gasteiger partial charge >= 0.3 is 0 Å². The summed E-state index contributed by atoms with van der Waals surface area (Å²) in [6, 6.07) is 3.32. The van der Waals surface area contributed by atoms with E-state index in [1.165, 1.54) is 7.11 Å². The highest BCUT2D eigenvalue weighted by Crippen LogP contribution is 2.35. The predicted molar refractivity (Wildman–Crippen MR) is 60.0 cm³/mol. The number of ether oxygens (including phenoxy) is 2. The molecule has 1 aromatic carbocycles. The Labute approximate surface area is 93.1 Å². The van der Waals surface area contributed by atoms with Crippen LogP contribution in [0.2, 0.25) is 0 Å². The van der Waals surface area contributed by atoms with Gasteiger partial charge in [0.2, 0.25) is 0 Å². The van der Waals surface area contributed by atoms with Crippen LogP contribution in [0.25, 0.3) is 0 Å². The minimum absolute atomic E-state index is 0.159. The molecular formula is C11H12N2O3. The van der Waals surface area contributed by atoms with Gasteiger partial charge in [0.25, 0.3) is 5.91 Å². The summed E-state index contributed by atoms with van der Waals surface area (Å²) in [5.74, 6) is 0.926. The second-order valence-electron chi connectivity index (χ2n) is 3.25. The first-order valence-corrected chi connectivity index (χ1v) is 4.83. The topological polar surface area (TPSA) is 59.9 Å². The van der Waals surface area contributed by atoms with Crippen molar-refractivity contribution in [1.29, 1.82) is 0 Å². The Hall–Kier alpha value is -2.04. The number of carbonyl (C=O) groups excluding carboxylic acids is 1. The molecule has 0 aliphatic carbocycles. The first-order valence-electron chi connectivity index (χ1n) is 4.83. The van der Waals surface area contributed by atoms with E-state index in [0.29, 0.717) is 29.3 Å². The number of hydrogen-bond acceptors (Lipinski definition) is 4. The number of benzene rings is 1. The molecule has 84 valence electrons. The maximum Gasteiger partial charge on any atom is 0.253 e. The summed E-state index contributed by atoms with van der Waals surface area (Å²) in [5, 5.41) is 2.70. The van der Waals surface area contributed by atoms with Crippen LogP contribution in [-0.2, 0) is 0 Å². The van der Waals surface area contributed by atoms with Gasteiger partial charge in [-0.05, 0) is 6.07 Å². The Morgan fingerprint density at radius 1 is 1.25 bits per heavy atom. The van der Waals surface area contributed by atoms with E-state index >= 15 is 0 Å². The van der Waals surface area contributed by atoms with Crippen molar-refractivity contribution >= 4 is 17.8 Å². The second-order valence-corrected chi connectivity index (χ2v) is 3.25. The third-order valence-corrected chi connectivity index (χ3v) is 2.33. The van der Waals surface area contributed by atoms with Gasteiger partial charge in [-0.2, -0.15) is 0 Å². The Balaban J connectivity index is 2.58. The molecule has 5 heteroatoms. The van der Waals surface area contributed by atoms with Gasteiger partial charge in [0.15, 0.2) is 11.5 Å². The van der Waals surface area contributed by atoms with Gasteiger partial charge < -0.3 is 14.8 Å². The molecule has 5 nitrogen and oxygen atoms in total. The van der Waals surface area contributed by atoms with Gasteiger partial charge in [0.1, 0.15) is 0 Å². The van der Waals surface area contributed by atoms with E-state index in [4.69, 9.17) is 9.47 Å². The van der Waals surface area contributed by atoms with Gasteiger partial charge in [-0.1, -0.05) is 0 Å². The Morgan fingerprint density at radius 3 is 2.62 bits per heavy atom. The molecule has 0 atom stereocenters. The zero-order valence-corrected chi connectivity index (χ0v) is 9.11. The van der Waals surface area contributed by atoms with E-state index in [-0.39, 0.29) is 5.91 Å². The number of fused-ring (bicyclic) bond motifs is 1. The quantitative estimate of drug-likeness (QED) is 0.813. The summed E-state index contributed by atoms with van der Waals surface area (Å²) in [6.45, 7) is 0.429. The Bertz CT molecular complexity index is 455. The van der Waals surface area contributed by atoms with Crippen LogP contribution in [0.3, 0.4) is 0 Å². The number of hydrogen-bond donors (Lipinski definition) is 1. The molecule has 1 heterocycles. The standard InChI is InChI=1S/C11H12N2O3/c1-15-9-5-7-8(6-10(9)16-2)12-3-4-13-11(7)14/h3,5-6H,4H2,1-2H3,(H,13,14). The molecule has 0 saturated heterocycles. The zero-order chi connectivity index (χ0) is 11.5. The van der Waals surface area contributed by atoms with E-state index in [1.807, 2.05) is 0 Å². The second kappa shape index (κ2) is 4.22.